The van der Waals surface area contributed by atoms with Gasteiger partial charge in [-0.3, -0.25) is 14.4 Å². The Morgan fingerprint density at radius 3 is 0.792 bits per heavy atom. The highest BCUT2D eigenvalue weighted by Gasteiger charge is 2.32. The Bertz CT molecular complexity index is 2420. The molecule has 6 aromatic carbocycles. The fraction of sp³-hybridized carbons (Fsp3) is 0.339. The molecule has 0 radical (unpaired) electrons. The summed E-state index contributed by atoms with van der Waals surface area (Å²) in [5.74, 6) is 3.66. The first-order valence-corrected chi connectivity index (χ1v) is 30.2. The second kappa shape index (κ2) is 32.6. The Kier molecular flexibility index (Phi) is 26.8. The molecule has 0 aliphatic rings. The highest BCUT2D eigenvalue weighted by molar-refractivity contribution is 8.77. The van der Waals surface area contributed by atoms with E-state index in [2.05, 4.69) is 24.5 Å². The summed E-state index contributed by atoms with van der Waals surface area (Å²) in [6.45, 7) is 8.69. The lowest BCUT2D eigenvalue weighted by Gasteiger charge is -2.31. The summed E-state index contributed by atoms with van der Waals surface area (Å²) in [6, 6.07) is 41.6. The van der Waals surface area contributed by atoms with Gasteiger partial charge < -0.3 is 57.8 Å². The number of rotatable bonds is 27. The molecule has 0 saturated carbocycles. The molecule has 77 heavy (non-hydrogen) atoms. The van der Waals surface area contributed by atoms with Crippen molar-refractivity contribution < 1.29 is 50.1 Å². The average Bonchev–Trinajstić information content (AvgIpc) is 3.43. The monoisotopic (exact) mass is 1130 g/mol. The van der Waals surface area contributed by atoms with Crippen LogP contribution in [0.15, 0.2) is 146 Å². The topological polar surface area (TPSA) is 269 Å². The number of benzene rings is 6. The number of carboxylic acid groups (broad SMARTS) is 1. The van der Waals surface area contributed by atoms with Crippen LogP contribution in [0.3, 0.4) is 0 Å². The number of carboxylic acids is 1. The van der Waals surface area contributed by atoms with Crippen LogP contribution >= 0.6 is 43.2 Å². The van der Waals surface area contributed by atoms with Crippen LogP contribution in [0.2, 0.25) is 0 Å². The number of phenols is 6. The maximum Gasteiger partial charge on any atom is 0.303 e. The van der Waals surface area contributed by atoms with Crippen molar-refractivity contribution in [1.82, 2.24) is 10.6 Å². The molecule has 0 aromatic heterocycles. The van der Waals surface area contributed by atoms with Crippen molar-refractivity contribution in [3.8, 4) is 34.5 Å². The SMILES string of the molecule is CC(CCC(=O)NCCSSCCNC(=O)CCC(C)(c1ccc(O)cc1)c1ccc(O)cc1)(c1ccc(O)cc1)c1ccc(O)cc1.CC(CCC(=O)O)(c1ccc(O)cc1)c1ccc(O)cc1.NCCSSCCN. The van der Waals surface area contributed by atoms with Gasteiger partial charge in [0.05, 0.1) is 0 Å². The highest BCUT2D eigenvalue weighted by atomic mass is 33.1. The first kappa shape index (κ1) is 63.4. The molecule has 13 N–H and O–H groups in total. The number of phenolic OH excluding ortho intramolecular Hbond substituents is 6. The zero-order chi connectivity index (χ0) is 56.3. The van der Waals surface area contributed by atoms with Crippen molar-refractivity contribution in [3.05, 3.63) is 179 Å². The minimum Gasteiger partial charge on any atom is -0.508 e. The predicted octanol–water partition coefficient (Wildman–Crippen LogP) is 10.5. The minimum atomic E-state index is -0.848. The van der Waals surface area contributed by atoms with Gasteiger partial charge in [-0.25, -0.2) is 0 Å². The third-order valence-corrected chi connectivity index (χ3v) is 18.0. The fourth-order valence-electron chi connectivity index (χ4n) is 8.40. The van der Waals surface area contributed by atoms with Crippen LogP contribution in [0.1, 0.15) is 92.7 Å². The number of amides is 2. The van der Waals surface area contributed by atoms with Crippen molar-refractivity contribution >= 4 is 61.0 Å². The third kappa shape index (κ3) is 21.0. The van der Waals surface area contributed by atoms with Gasteiger partial charge >= 0.3 is 5.97 Å². The summed E-state index contributed by atoms with van der Waals surface area (Å²) < 4.78 is 0. The number of hydrogen-bond donors (Lipinski definition) is 11. The Morgan fingerprint density at radius 2 is 0.584 bits per heavy atom. The second-order valence-electron chi connectivity index (χ2n) is 18.7. The second-order valence-corrected chi connectivity index (χ2v) is 24.1. The summed E-state index contributed by atoms with van der Waals surface area (Å²) >= 11 is 0. The van der Waals surface area contributed by atoms with E-state index in [4.69, 9.17) is 16.6 Å². The normalized spacial score (nSPS) is 11.3. The van der Waals surface area contributed by atoms with Gasteiger partial charge in [0.1, 0.15) is 34.5 Å². The van der Waals surface area contributed by atoms with E-state index >= 15 is 0 Å². The van der Waals surface area contributed by atoms with Crippen LogP contribution in [0.5, 0.6) is 34.5 Å². The quantitative estimate of drug-likeness (QED) is 0.0169. The predicted molar refractivity (Wildman–Crippen MR) is 317 cm³/mol. The van der Waals surface area contributed by atoms with Crippen molar-refractivity contribution in [2.24, 2.45) is 11.5 Å². The van der Waals surface area contributed by atoms with Gasteiger partial charge in [-0.15, -0.1) is 0 Å². The Hall–Kier alpha value is -6.15. The first-order chi connectivity index (χ1) is 36.8. The fourth-order valence-corrected chi connectivity index (χ4v) is 11.9. The molecule has 0 bridgehead atoms. The maximum absolute atomic E-state index is 12.7. The lowest BCUT2D eigenvalue weighted by atomic mass is 9.73. The summed E-state index contributed by atoms with van der Waals surface area (Å²) in [5, 5.41) is 72.9. The van der Waals surface area contributed by atoms with E-state index in [1.807, 2.05) is 55.5 Å². The first-order valence-electron chi connectivity index (χ1n) is 25.2. The van der Waals surface area contributed by atoms with Crippen molar-refractivity contribution in [1.29, 1.82) is 0 Å². The Balaban J connectivity index is 0.000000360. The lowest BCUT2D eigenvalue weighted by molar-refractivity contribution is -0.137. The molecule has 0 saturated heterocycles. The largest absolute Gasteiger partial charge is 0.508 e. The third-order valence-electron chi connectivity index (χ3n) is 13.2. The van der Waals surface area contributed by atoms with Crippen molar-refractivity contribution in [2.45, 2.75) is 75.5 Å². The number of nitrogens with two attached hydrogens (primary N) is 2. The van der Waals surface area contributed by atoms with Gasteiger partial charge in [0.15, 0.2) is 0 Å². The molecule has 0 unspecified atom stereocenters. The van der Waals surface area contributed by atoms with E-state index in [0.29, 0.717) is 45.2 Å². The summed E-state index contributed by atoms with van der Waals surface area (Å²) in [4.78, 5) is 36.4. The maximum atomic E-state index is 12.7. The molecule has 6 rings (SSSR count). The minimum absolute atomic E-state index is 0.0387. The number of aliphatic carboxylic acids is 1. The van der Waals surface area contributed by atoms with Gasteiger partial charge in [0, 0.05) is 84.7 Å². The van der Waals surface area contributed by atoms with Gasteiger partial charge in [-0.2, -0.15) is 0 Å². The number of hydrogen-bond acceptors (Lipinski definition) is 15. The van der Waals surface area contributed by atoms with Gasteiger partial charge in [-0.05, 0) is 125 Å². The van der Waals surface area contributed by atoms with Gasteiger partial charge in [0.25, 0.3) is 0 Å². The van der Waals surface area contributed by atoms with E-state index in [0.717, 1.165) is 69.5 Å². The summed E-state index contributed by atoms with van der Waals surface area (Å²) in [6.07, 6.45) is 2.22. The standard InChI is InChI=1S/C38H44N2O6S2.C17H18O4.C4H12N2S2/c1-37(27-3-11-31(41)12-4-27,28-5-13-32(42)14-6-28)21-19-35(45)39-23-25-47-48-26-24-40-36(46)20-22-38(2,29-7-15-33(43)16-8-29)30-9-17-34(44)18-10-30;1-17(11-10-16(20)21,12-2-6-14(18)7-3-12)13-4-8-15(19)9-5-13;5-1-3-7-8-4-2-6/h3-18,41-44H,19-26H2,1-2H3,(H,39,45)(H,40,46);2-9,18-19H,10-11H2,1H3,(H,20,21);1-6H2. The smallest absolute Gasteiger partial charge is 0.303 e. The molecule has 0 fully saturated rings. The van der Waals surface area contributed by atoms with E-state index in [1.165, 1.54) is 0 Å². The number of nitrogens with one attached hydrogen (secondary N) is 2. The Morgan fingerprint density at radius 1 is 0.377 bits per heavy atom. The van der Waals surface area contributed by atoms with E-state index < -0.39 is 22.2 Å². The molecule has 6 aromatic rings. The zero-order valence-electron chi connectivity index (χ0n) is 43.9. The van der Waals surface area contributed by atoms with Gasteiger partial charge in [0.2, 0.25) is 11.8 Å². The molecule has 0 aliphatic heterocycles. The van der Waals surface area contributed by atoms with Crippen LogP contribution < -0.4 is 22.1 Å². The average molecular weight is 1130 g/mol. The lowest BCUT2D eigenvalue weighted by Crippen LogP contribution is -2.30. The molecule has 414 valence electrons. The van der Waals surface area contributed by atoms with Crippen LogP contribution in [-0.2, 0) is 30.6 Å². The van der Waals surface area contributed by atoms with Crippen LogP contribution in [0, 0.1) is 0 Å². The molecule has 0 aliphatic carbocycles. The van der Waals surface area contributed by atoms with Crippen LogP contribution in [-0.4, -0.2) is 103 Å². The molecule has 14 nitrogen and oxygen atoms in total. The number of carbonyl (C=O) groups excluding carboxylic acids is 2. The molecule has 18 heteroatoms. The highest BCUT2D eigenvalue weighted by Crippen LogP contribution is 2.40. The molecular formula is C59H74N4O10S4. The zero-order valence-corrected chi connectivity index (χ0v) is 47.2. The van der Waals surface area contributed by atoms with E-state index in [-0.39, 0.29) is 52.7 Å². The van der Waals surface area contributed by atoms with E-state index in [1.54, 1.807) is 140 Å². The molecule has 0 spiro atoms. The molecule has 0 atom stereocenters. The molecule has 2 amide bonds. The van der Waals surface area contributed by atoms with Crippen molar-refractivity contribution in [2.75, 3.05) is 49.2 Å². The van der Waals surface area contributed by atoms with Gasteiger partial charge in [-0.1, -0.05) is 137 Å². The Labute approximate surface area is 468 Å². The number of aromatic hydroxyl groups is 6. The summed E-state index contributed by atoms with van der Waals surface area (Å²) in [7, 11) is 6.87. The van der Waals surface area contributed by atoms with Crippen molar-refractivity contribution in [3.63, 3.8) is 0 Å². The molecule has 0 heterocycles. The summed E-state index contributed by atoms with van der Waals surface area (Å²) in [5.41, 5.74) is 14.8. The van der Waals surface area contributed by atoms with Crippen LogP contribution in [0.4, 0.5) is 0 Å². The molecular weight excluding hydrogens is 1050 g/mol. The van der Waals surface area contributed by atoms with E-state index in [9.17, 15) is 45.0 Å². The number of carbonyl (C=O) groups is 3. The van der Waals surface area contributed by atoms with Crippen LogP contribution in [0.25, 0.3) is 0 Å².